The first-order valence-electron chi connectivity index (χ1n) is 5.44. The molecule has 4 nitrogen and oxygen atoms in total. The molecule has 0 aliphatic rings. The summed E-state index contributed by atoms with van der Waals surface area (Å²) in [5.41, 5.74) is 1.66. The van der Waals surface area contributed by atoms with E-state index >= 15 is 0 Å². The number of nitrogens with zero attached hydrogens (tertiary/aromatic N) is 1. The van der Waals surface area contributed by atoms with Crippen molar-refractivity contribution in [3.8, 4) is 5.75 Å². The largest absolute Gasteiger partial charge is 0.508 e. The number of carboxylic acids is 1. The fourth-order valence-electron chi connectivity index (χ4n) is 1.76. The third-order valence-electron chi connectivity index (χ3n) is 2.73. The molecule has 4 heteroatoms. The van der Waals surface area contributed by atoms with E-state index < -0.39 is 5.97 Å². The van der Waals surface area contributed by atoms with Crippen LogP contribution in [0.2, 0.25) is 0 Å². The Bertz CT molecular complexity index is 564. The molecular formula is C14H13NO3. The molecule has 0 radical (unpaired) electrons. The maximum absolute atomic E-state index is 11.1. The van der Waals surface area contributed by atoms with Gasteiger partial charge in [-0.2, -0.15) is 0 Å². The topological polar surface area (TPSA) is 60.8 Å². The van der Waals surface area contributed by atoms with Crippen LogP contribution in [-0.4, -0.2) is 23.2 Å². The van der Waals surface area contributed by atoms with Gasteiger partial charge in [-0.3, -0.25) is 0 Å². The van der Waals surface area contributed by atoms with Crippen molar-refractivity contribution in [3.63, 3.8) is 0 Å². The molecule has 0 saturated carbocycles. The molecule has 2 rings (SSSR count). The van der Waals surface area contributed by atoms with Gasteiger partial charge < -0.3 is 15.1 Å². The van der Waals surface area contributed by atoms with Gasteiger partial charge in [0.25, 0.3) is 0 Å². The summed E-state index contributed by atoms with van der Waals surface area (Å²) in [5, 5.41) is 18.4. The first kappa shape index (κ1) is 12.0. The van der Waals surface area contributed by atoms with Gasteiger partial charge >= 0.3 is 5.97 Å². The maximum Gasteiger partial charge on any atom is 0.337 e. The van der Waals surface area contributed by atoms with Crippen LogP contribution in [0.5, 0.6) is 5.75 Å². The number of aromatic hydroxyl groups is 1. The number of rotatable bonds is 3. The van der Waals surface area contributed by atoms with Gasteiger partial charge in [-0.25, -0.2) is 4.79 Å². The lowest BCUT2D eigenvalue weighted by Gasteiger charge is -2.21. The van der Waals surface area contributed by atoms with Gasteiger partial charge in [0.05, 0.1) is 11.3 Å². The molecule has 92 valence electrons. The van der Waals surface area contributed by atoms with Crippen molar-refractivity contribution in [3.05, 3.63) is 54.1 Å². The summed E-state index contributed by atoms with van der Waals surface area (Å²) in [6.07, 6.45) is 0. The smallest absolute Gasteiger partial charge is 0.337 e. The first-order chi connectivity index (χ1) is 8.59. The standard InChI is InChI=1S/C14H13NO3/c1-15(10-6-8-11(16)9-7-10)13-5-3-2-4-12(13)14(17)18/h2-9,16H,1H3,(H,17,18). The number of benzene rings is 2. The van der Waals surface area contributed by atoms with E-state index in [4.69, 9.17) is 5.11 Å². The maximum atomic E-state index is 11.1. The predicted molar refractivity (Wildman–Crippen MR) is 69.6 cm³/mol. The molecule has 0 atom stereocenters. The third kappa shape index (κ3) is 2.27. The SMILES string of the molecule is CN(c1ccc(O)cc1)c1ccccc1C(=O)O. The number of aromatic carboxylic acids is 1. The van der Waals surface area contributed by atoms with E-state index in [2.05, 4.69) is 0 Å². The van der Waals surface area contributed by atoms with Crippen LogP contribution in [0, 0.1) is 0 Å². The molecule has 0 saturated heterocycles. The van der Waals surface area contributed by atoms with Gasteiger partial charge in [-0.15, -0.1) is 0 Å². The van der Waals surface area contributed by atoms with Crippen LogP contribution in [0.4, 0.5) is 11.4 Å². The van der Waals surface area contributed by atoms with Crippen LogP contribution in [0.15, 0.2) is 48.5 Å². The van der Waals surface area contributed by atoms with Gasteiger partial charge in [-0.05, 0) is 36.4 Å². The normalized spacial score (nSPS) is 10.1. The zero-order valence-electron chi connectivity index (χ0n) is 9.87. The Kier molecular flexibility index (Phi) is 3.19. The molecule has 0 aliphatic carbocycles. The highest BCUT2D eigenvalue weighted by molar-refractivity contribution is 5.95. The average molecular weight is 243 g/mol. The molecule has 0 unspecified atom stereocenters. The van der Waals surface area contributed by atoms with Crippen molar-refractivity contribution < 1.29 is 15.0 Å². The summed E-state index contributed by atoms with van der Waals surface area (Å²) in [4.78, 5) is 12.9. The predicted octanol–water partition coefficient (Wildman–Crippen LogP) is 2.86. The van der Waals surface area contributed by atoms with Crippen molar-refractivity contribution in [2.45, 2.75) is 0 Å². The number of para-hydroxylation sites is 1. The zero-order valence-corrected chi connectivity index (χ0v) is 9.87. The van der Waals surface area contributed by atoms with Crippen LogP contribution >= 0.6 is 0 Å². The van der Waals surface area contributed by atoms with Gasteiger partial charge in [0.1, 0.15) is 5.75 Å². The molecular weight excluding hydrogens is 230 g/mol. The second-order valence-electron chi connectivity index (χ2n) is 3.90. The van der Waals surface area contributed by atoms with Gasteiger partial charge in [0.15, 0.2) is 0 Å². The van der Waals surface area contributed by atoms with Crippen LogP contribution in [0.3, 0.4) is 0 Å². The van der Waals surface area contributed by atoms with Crippen molar-refractivity contribution in [2.75, 3.05) is 11.9 Å². The fourth-order valence-corrected chi connectivity index (χ4v) is 1.76. The second kappa shape index (κ2) is 4.79. The minimum absolute atomic E-state index is 0.179. The van der Waals surface area contributed by atoms with Crippen LogP contribution in [0.25, 0.3) is 0 Å². The number of phenolic OH excluding ortho intramolecular Hbond substituents is 1. The number of phenols is 1. The molecule has 0 fully saturated rings. The number of hydrogen-bond acceptors (Lipinski definition) is 3. The summed E-state index contributed by atoms with van der Waals surface area (Å²) in [7, 11) is 1.79. The highest BCUT2D eigenvalue weighted by Crippen LogP contribution is 2.28. The van der Waals surface area contributed by atoms with E-state index in [9.17, 15) is 9.90 Å². The summed E-state index contributed by atoms with van der Waals surface area (Å²) in [6.45, 7) is 0. The van der Waals surface area contributed by atoms with Crippen LogP contribution < -0.4 is 4.90 Å². The summed E-state index contributed by atoms with van der Waals surface area (Å²) in [5.74, 6) is -0.783. The summed E-state index contributed by atoms with van der Waals surface area (Å²) >= 11 is 0. The number of anilines is 2. The Morgan fingerprint density at radius 1 is 1.06 bits per heavy atom. The van der Waals surface area contributed by atoms with E-state index in [0.717, 1.165) is 5.69 Å². The van der Waals surface area contributed by atoms with Crippen molar-refractivity contribution >= 4 is 17.3 Å². The minimum atomic E-state index is -0.962. The second-order valence-corrected chi connectivity index (χ2v) is 3.90. The van der Waals surface area contributed by atoms with E-state index in [0.29, 0.717) is 5.69 Å². The Balaban J connectivity index is 2.42. The molecule has 0 aliphatic heterocycles. The Morgan fingerprint density at radius 3 is 2.28 bits per heavy atom. The molecule has 2 aromatic rings. The molecule has 0 heterocycles. The molecule has 0 spiro atoms. The molecule has 2 N–H and O–H groups in total. The van der Waals surface area contributed by atoms with Gasteiger partial charge in [0.2, 0.25) is 0 Å². The van der Waals surface area contributed by atoms with E-state index in [1.807, 2.05) is 0 Å². The monoisotopic (exact) mass is 243 g/mol. The molecule has 0 bridgehead atoms. The first-order valence-corrected chi connectivity index (χ1v) is 5.44. The van der Waals surface area contributed by atoms with Crippen molar-refractivity contribution in [1.82, 2.24) is 0 Å². The van der Waals surface area contributed by atoms with Gasteiger partial charge in [0, 0.05) is 12.7 Å². The Labute approximate surface area is 105 Å². The van der Waals surface area contributed by atoms with Crippen molar-refractivity contribution in [2.24, 2.45) is 0 Å². The number of carboxylic acid groups (broad SMARTS) is 1. The van der Waals surface area contributed by atoms with E-state index in [1.165, 1.54) is 0 Å². The lowest BCUT2D eigenvalue weighted by Crippen LogP contribution is -2.13. The Hall–Kier alpha value is -2.49. The van der Waals surface area contributed by atoms with Gasteiger partial charge in [-0.1, -0.05) is 12.1 Å². The van der Waals surface area contributed by atoms with E-state index in [-0.39, 0.29) is 11.3 Å². The zero-order chi connectivity index (χ0) is 13.1. The molecule has 0 aromatic heterocycles. The molecule has 2 aromatic carbocycles. The van der Waals surface area contributed by atoms with Crippen LogP contribution in [0.1, 0.15) is 10.4 Å². The average Bonchev–Trinajstić information content (AvgIpc) is 2.39. The fraction of sp³-hybridized carbons (Fsp3) is 0.0714. The summed E-state index contributed by atoms with van der Waals surface area (Å²) in [6, 6.07) is 13.4. The molecule has 18 heavy (non-hydrogen) atoms. The minimum Gasteiger partial charge on any atom is -0.508 e. The highest BCUT2D eigenvalue weighted by Gasteiger charge is 2.13. The lowest BCUT2D eigenvalue weighted by atomic mass is 10.1. The number of carbonyl (C=O) groups is 1. The third-order valence-corrected chi connectivity index (χ3v) is 2.73. The lowest BCUT2D eigenvalue weighted by molar-refractivity contribution is 0.0697. The van der Waals surface area contributed by atoms with Crippen LogP contribution in [-0.2, 0) is 0 Å². The quantitative estimate of drug-likeness (QED) is 0.870. The number of hydrogen-bond donors (Lipinski definition) is 2. The van der Waals surface area contributed by atoms with E-state index in [1.54, 1.807) is 60.5 Å². The Morgan fingerprint density at radius 2 is 1.67 bits per heavy atom. The highest BCUT2D eigenvalue weighted by atomic mass is 16.4. The van der Waals surface area contributed by atoms with Crippen molar-refractivity contribution in [1.29, 1.82) is 0 Å². The molecule has 0 amide bonds. The summed E-state index contributed by atoms with van der Waals surface area (Å²) < 4.78 is 0.